The number of nitrogens with one attached hydrogen (secondary N) is 5. The number of rotatable bonds is 13. The maximum atomic E-state index is 12.7. The van der Waals surface area contributed by atoms with Crippen LogP contribution in [0.5, 0.6) is 0 Å². The Balaban J connectivity index is 1.86. The van der Waals surface area contributed by atoms with Crippen LogP contribution in [0, 0.1) is 0 Å². The van der Waals surface area contributed by atoms with E-state index in [1.807, 2.05) is 37.4 Å². The average molecular weight is 447 g/mol. The van der Waals surface area contributed by atoms with Gasteiger partial charge in [-0.2, -0.15) is 0 Å². The molecule has 10 nitrogen and oxygen atoms in total. The van der Waals surface area contributed by atoms with Crippen molar-refractivity contribution in [1.29, 1.82) is 0 Å². The topological polar surface area (TPSA) is 154 Å². The standard InChI is InChI=1S/C22H34N6O4/c1-24-16-7-9-17(10-8-16)27-21(31)14-26-28-18(11-15-5-3-2-4-6-15)22(32)19(29)13-25-20(30)12-23/h2-6,16-18,24,26,28H,7-14,23H2,1H3,(H,25,30)(H,27,31)/t16?,17?,18-/m0/s1. The van der Waals surface area contributed by atoms with E-state index in [0.29, 0.717) is 6.04 Å². The molecule has 2 amide bonds. The maximum Gasteiger partial charge on any atom is 0.235 e. The summed E-state index contributed by atoms with van der Waals surface area (Å²) in [6, 6.07) is 8.97. The van der Waals surface area contributed by atoms with Crippen LogP contribution in [-0.2, 0) is 25.6 Å². The summed E-state index contributed by atoms with van der Waals surface area (Å²) in [5, 5.41) is 8.56. The quantitative estimate of drug-likeness (QED) is 0.159. The van der Waals surface area contributed by atoms with Gasteiger partial charge < -0.3 is 21.7 Å². The van der Waals surface area contributed by atoms with Crippen LogP contribution in [0.3, 0.4) is 0 Å². The molecule has 32 heavy (non-hydrogen) atoms. The number of hydrazine groups is 1. The first-order chi connectivity index (χ1) is 15.4. The lowest BCUT2D eigenvalue weighted by molar-refractivity contribution is -0.138. The molecule has 0 bridgehead atoms. The van der Waals surface area contributed by atoms with Crippen molar-refractivity contribution < 1.29 is 19.2 Å². The molecular formula is C22H34N6O4. The second-order valence-corrected chi connectivity index (χ2v) is 7.91. The highest BCUT2D eigenvalue weighted by Crippen LogP contribution is 2.18. The number of carbonyl (C=O) groups is 4. The first-order valence-electron chi connectivity index (χ1n) is 11.0. The molecule has 1 saturated carbocycles. The summed E-state index contributed by atoms with van der Waals surface area (Å²) in [5.74, 6) is -2.13. The molecule has 0 spiro atoms. The fraction of sp³-hybridized carbons (Fsp3) is 0.545. The predicted octanol–water partition coefficient (Wildman–Crippen LogP) is -1.45. The van der Waals surface area contributed by atoms with Gasteiger partial charge in [0.15, 0.2) is 0 Å². The van der Waals surface area contributed by atoms with E-state index in [4.69, 9.17) is 5.73 Å². The van der Waals surface area contributed by atoms with Crippen LogP contribution < -0.4 is 32.5 Å². The SMILES string of the molecule is CNC1CCC(NC(=O)CNN[C@@H](Cc2ccccc2)C(=O)C(=O)CNC(=O)CN)CC1. The fourth-order valence-electron chi connectivity index (χ4n) is 3.65. The van der Waals surface area contributed by atoms with Crippen LogP contribution >= 0.6 is 0 Å². The Labute approximate surface area is 188 Å². The van der Waals surface area contributed by atoms with Gasteiger partial charge in [0.05, 0.1) is 25.7 Å². The van der Waals surface area contributed by atoms with E-state index in [0.717, 1.165) is 31.2 Å². The van der Waals surface area contributed by atoms with Crippen LogP contribution in [0.2, 0.25) is 0 Å². The Kier molecular flexibility index (Phi) is 10.9. The molecule has 0 aromatic heterocycles. The number of benzene rings is 1. The molecule has 0 saturated heterocycles. The van der Waals surface area contributed by atoms with Crippen LogP contribution in [-0.4, -0.2) is 68.2 Å². The molecule has 1 aliphatic rings. The monoisotopic (exact) mass is 446 g/mol. The zero-order chi connectivity index (χ0) is 23.3. The third kappa shape index (κ3) is 8.83. The number of amides is 2. The Morgan fingerprint density at radius 1 is 0.969 bits per heavy atom. The summed E-state index contributed by atoms with van der Waals surface area (Å²) >= 11 is 0. The Morgan fingerprint density at radius 2 is 1.62 bits per heavy atom. The summed E-state index contributed by atoms with van der Waals surface area (Å²) in [7, 11) is 1.95. The summed E-state index contributed by atoms with van der Waals surface area (Å²) in [6.45, 7) is -0.722. The molecule has 2 rings (SSSR count). The van der Waals surface area contributed by atoms with Crippen LogP contribution in [0.1, 0.15) is 31.2 Å². The highest BCUT2D eigenvalue weighted by molar-refractivity contribution is 6.40. The van der Waals surface area contributed by atoms with Crippen molar-refractivity contribution in [2.75, 3.05) is 26.7 Å². The van der Waals surface area contributed by atoms with Gasteiger partial charge in [0.25, 0.3) is 0 Å². The zero-order valence-electron chi connectivity index (χ0n) is 18.5. The molecule has 1 aromatic rings. The van der Waals surface area contributed by atoms with E-state index in [2.05, 4.69) is 26.8 Å². The van der Waals surface area contributed by atoms with Crippen LogP contribution in [0.4, 0.5) is 0 Å². The first-order valence-corrected chi connectivity index (χ1v) is 11.0. The van der Waals surface area contributed by atoms with Crippen molar-refractivity contribution >= 4 is 23.4 Å². The lowest BCUT2D eigenvalue weighted by Gasteiger charge is -2.29. The number of carbonyl (C=O) groups excluding carboxylic acids is 4. The number of nitrogens with two attached hydrogens (primary N) is 1. The molecule has 176 valence electrons. The Hall–Kier alpha value is -2.66. The van der Waals surface area contributed by atoms with Crippen molar-refractivity contribution in [2.24, 2.45) is 5.73 Å². The number of Topliss-reactive ketones (excluding diaryl/α,β-unsaturated/α-hetero) is 2. The molecule has 7 N–H and O–H groups in total. The zero-order valence-corrected chi connectivity index (χ0v) is 18.5. The second-order valence-electron chi connectivity index (χ2n) is 7.91. The minimum Gasteiger partial charge on any atom is -0.352 e. The van der Waals surface area contributed by atoms with E-state index in [1.165, 1.54) is 0 Å². The van der Waals surface area contributed by atoms with Gasteiger partial charge in [-0.05, 0) is 44.7 Å². The van der Waals surface area contributed by atoms with Gasteiger partial charge in [-0.1, -0.05) is 30.3 Å². The van der Waals surface area contributed by atoms with Crippen molar-refractivity contribution in [3.8, 4) is 0 Å². The third-order valence-electron chi connectivity index (χ3n) is 5.53. The molecule has 10 heteroatoms. The molecule has 0 heterocycles. The van der Waals surface area contributed by atoms with E-state index in [1.54, 1.807) is 0 Å². The second kappa shape index (κ2) is 13.7. The van der Waals surface area contributed by atoms with Gasteiger partial charge in [0, 0.05) is 12.1 Å². The molecule has 0 unspecified atom stereocenters. The van der Waals surface area contributed by atoms with Gasteiger partial charge in [0.2, 0.25) is 23.4 Å². The predicted molar refractivity (Wildman–Crippen MR) is 120 cm³/mol. The molecule has 0 radical (unpaired) electrons. The van der Waals surface area contributed by atoms with Crippen molar-refractivity contribution in [2.45, 2.75) is 50.2 Å². The van der Waals surface area contributed by atoms with Gasteiger partial charge in [-0.25, -0.2) is 10.9 Å². The van der Waals surface area contributed by atoms with Crippen LogP contribution in [0.25, 0.3) is 0 Å². The van der Waals surface area contributed by atoms with Gasteiger partial charge in [-0.15, -0.1) is 0 Å². The normalized spacial score (nSPS) is 19.1. The highest BCUT2D eigenvalue weighted by Gasteiger charge is 2.26. The molecule has 1 aliphatic carbocycles. The minimum absolute atomic E-state index is 0.0391. The summed E-state index contributed by atoms with van der Waals surface area (Å²) in [5.41, 5.74) is 11.6. The average Bonchev–Trinajstić information content (AvgIpc) is 2.82. The Bertz CT molecular complexity index is 765. The number of hydrogen-bond donors (Lipinski definition) is 6. The number of hydrogen-bond acceptors (Lipinski definition) is 8. The molecule has 1 aromatic carbocycles. The molecule has 0 aliphatic heterocycles. The van der Waals surface area contributed by atoms with Gasteiger partial charge >= 0.3 is 0 Å². The fourth-order valence-corrected chi connectivity index (χ4v) is 3.65. The van der Waals surface area contributed by atoms with Crippen molar-refractivity contribution in [3.05, 3.63) is 35.9 Å². The minimum atomic E-state index is -0.890. The van der Waals surface area contributed by atoms with Gasteiger partial charge in [-0.3, -0.25) is 19.2 Å². The summed E-state index contributed by atoms with van der Waals surface area (Å²) in [4.78, 5) is 48.5. The van der Waals surface area contributed by atoms with Gasteiger partial charge in [0.1, 0.15) is 0 Å². The molecular weight excluding hydrogens is 412 g/mol. The highest BCUT2D eigenvalue weighted by atomic mass is 16.2. The summed E-state index contributed by atoms with van der Waals surface area (Å²) < 4.78 is 0. The van der Waals surface area contributed by atoms with E-state index in [9.17, 15) is 19.2 Å². The largest absolute Gasteiger partial charge is 0.352 e. The number of ketones is 2. The van der Waals surface area contributed by atoms with Crippen molar-refractivity contribution in [3.63, 3.8) is 0 Å². The van der Waals surface area contributed by atoms with Crippen LogP contribution in [0.15, 0.2) is 30.3 Å². The summed E-state index contributed by atoms with van der Waals surface area (Å²) in [6.07, 6.45) is 4.12. The maximum absolute atomic E-state index is 12.7. The van der Waals surface area contributed by atoms with E-state index < -0.39 is 30.1 Å². The van der Waals surface area contributed by atoms with E-state index in [-0.39, 0.29) is 31.5 Å². The molecule has 1 atom stereocenters. The lowest BCUT2D eigenvalue weighted by atomic mass is 9.91. The Morgan fingerprint density at radius 3 is 2.25 bits per heavy atom. The lowest BCUT2D eigenvalue weighted by Crippen LogP contribution is -2.53. The third-order valence-corrected chi connectivity index (χ3v) is 5.53. The first kappa shape index (κ1) is 25.6. The molecule has 1 fully saturated rings. The van der Waals surface area contributed by atoms with Crippen molar-refractivity contribution in [1.82, 2.24) is 26.8 Å². The smallest absolute Gasteiger partial charge is 0.235 e. The van der Waals surface area contributed by atoms with E-state index >= 15 is 0 Å².